The molecule has 2 atom stereocenters. The van der Waals surface area contributed by atoms with Crippen molar-refractivity contribution in [2.45, 2.75) is 57.9 Å². The molecule has 2 aliphatic heterocycles. The lowest BCUT2D eigenvalue weighted by Gasteiger charge is -2.32. The van der Waals surface area contributed by atoms with E-state index in [1.54, 1.807) is 0 Å². The van der Waals surface area contributed by atoms with E-state index in [0.29, 0.717) is 23.8 Å². The second-order valence-electron chi connectivity index (χ2n) is 8.25. The molecule has 3 aliphatic rings. The summed E-state index contributed by atoms with van der Waals surface area (Å²) in [5, 5.41) is 7.06. The summed E-state index contributed by atoms with van der Waals surface area (Å²) in [4.78, 5) is 21.6. The highest BCUT2D eigenvalue weighted by molar-refractivity contribution is 14.0. The van der Waals surface area contributed by atoms with Gasteiger partial charge in [-0.25, -0.2) is 0 Å². The molecule has 27 heavy (non-hydrogen) atoms. The van der Waals surface area contributed by atoms with Crippen molar-refractivity contribution < 1.29 is 4.79 Å². The number of halogens is 1. The van der Waals surface area contributed by atoms with E-state index in [9.17, 15) is 4.79 Å². The lowest BCUT2D eigenvalue weighted by atomic mass is 9.98. The molecule has 0 radical (unpaired) electrons. The van der Waals surface area contributed by atoms with Gasteiger partial charge in [-0.2, -0.15) is 0 Å². The molecule has 3 rings (SSSR count). The number of guanidine groups is 1. The van der Waals surface area contributed by atoms with Crippen molar-refractivity contribution in [1.82, 2.24) is 20.4 Å². The smallest absolute Gasteiger partial charge is 0.225 e. The van der Waals surface area contributed by atoms with Gasteiger partial charge in [0.1, 0.15) is 0 Å². The van der Waals surface area contributed by atoms with Crippen LogP contribution >= 0.6 is 24.0 Å². The summed E-state index contributed by atoms with van der Waals surface area (Å²) in [6.45, 7) is 8.51. The van der Waals surface area contributed by atoms with Crippen LogP contribution in [0.5, 0.6) is 0 Å². The summed E-state index contributed by atoms with van der Waals surface area (Å²) in [5.74, 6) is 2.26. The van der Waals surface area contributed by atoms with Crippen molar-refractivity contribution in [2.75, 3.05) is 46.3 Å². The molecule has 6 nitrogen and oxygen atoms in total. The predicted molar refractivity (Wildman–Crippen MR) is 122 cm³/mol. The topological polar surface area (TPSA) is 60.0 Å². The Morgan fingerprint density at radius 2 is 1.85 bits per heavy atom. The van der Waals surface area contributed by atoms with E-state index in [-0.39, 0.29) is 24.0 Å². The van der Waals surface area contributed by atoms with Crippen LogP contribution in [0.1, 0.15) is 51.9 Å². The standard InChI is InChI=1S/C20H37N5O.HI/c1-3-24-11-6-7-16(14-24)13-22-20(21-2)23-18-10-12-25(15-18)19(26)17-8-4-5-9-17;/h16-18H,3-15H2,1-2H3,(H2,21,22,23);1H. The number of nitrogens with one attached hydrogen (secondary N) is 2. The van der Waals surface area contributed by atoms with E-state index in [1.807, 2.05) is 7.05 Å². The molecule has 2 N–H and O–H groups in total. The predicted octanol–water partition coefficient (Wildman–Crippen LogP) is 2.29. The molecule has 0 aromatic heterocycles. The van der Waals surface area contributed by atoms with Crippen LogP contribution in [-0.2, 0) is 4.79 Å². The second-order valence-corrected chi connectivity index (χ2v) is 8.25. The van der Waals surface area contributed by atoms with Crippen molar-refractivity contribution >= 4 is 35.8 Å². The monoisotopic (exact) mass is 491 g/mol. The van der Waals surface area contributed by atoms with Crippen LogP contribution < -0.4 is 10.6 Å². The van der Waals surface area contributed by atoms with Crippen LogP contribution in [0.4, 0.5) is 0 Å². The first-order valence-electron chi connectivity index (χ1n) is 10.7. The van der Waals surface area contributed by atoms with Crippen LogP contribution in [0.25, 0.3) is 0 Å². The molecule has 0 bridgehead atoms. The molecule has 0 spiro atoms. The molecule has 1 saturated carbocycles. The highest BCUT2D eigenvalue weighted by Crippen LogP contribution is 2.27. The van der Waals surface area contributed by atoms with Gasteiger partial charge >= 0.3 is 0 Å². The minimum Gasteiger partial charge on any atom is -0.356 e. The Balaban J connectivity index is 0.00000261. The SMILES string of the molecule is CCN1CCCC(CNC(=NC)NC2CCN(C(=O)C3CCCC3)C2)C1.I. The number of amides is 1. The van der Waals surface area contributed by atoms with E-state index in [0.717, 1.165) is 51.4 Å². The van der Waals surface area contributed by atoms with Crippen molar-refractivity contribution in [3.8, 4) is 0 Å². The first-order chi connectivity index (χ1) is 12.7. The number of aliphatic imine (C=N–C) groups is 1. The highest BCUT2D eigenvalue weighted by Gasteiger charge is 2.32. The average molecular weight is 491 g/mol. The van der Waals surface area contributed by atoms with E-state index < -0.39 is 0 Å². The molecule has 0 aromatic carbocycles. The Hall–Kier alpha value is -0.570. The number of rotatable bonds is 5. The van der Waals surface area contributed by atoms with E-state index in [1.165, 1.54) is 38.8 Å². The average Bonchev–Trinajstić information content (AvgIpc) is 3.36. The minimum atomic E-state index is 0. The Kier molecular flexibility index (Phi) is 9.62. The number of piperidine rings is 1. The Morgan fingerprint density at radius 3 is 2.56 bits per heavy atom. The quantitative estimate of drug-likeness (QED) is 0.352. The van der Waals surface area contributed by atoms with Gasteiger partial charge in [0.25, 0.3) is 0 Å². The Bertz CT molecular complexity index is 495. The summed E-state index contributed by atoms with van der Waals surface area (Å²) >= 11 is 0. The maximum atomic E-state index is 12.6. The zero-order valence-electron chi connectivity index (χ0n) is 17.1. The van der Waals surface area contributed by atoms with Crippen LogP contribution in [-0.4, -0.2) is 74.0 Å². The summed E-state index contributed by atoms with van der Waals surface area (Å²) in [6, 6.07) is 0.324. The third-order valence-electron chi connectivity index (χ3n) is 6.38. The van der Waals surface area contributed by atoms with Crippen LogP contribution in [0.15, 0.2) is 4.99 Å². The number of hydrogen-bond donors (Lipinski definition) is 2. The maximum absolute atomic E-state index is 12.6. The first-order valence-corrected chi connectivity index (χ1v) is 10.7. The third kappa shape index (κ3) is 6.48. The van der Waals surface area contributed by atoms with E-state index in [4.69, 9.17) is 0 Å². The molecule has 2 saturated heterocycles. The first kappa shape index (κ1) is 22.7. The van der Waals surface area contributed by atoms with Gasteiger partial charge in [-0.1, -0.05) is 19.8 Å². The molecule has 156 valence electrons. The summed E-state index contributed by atoms with van der Waals surface area (Å²) < 4.78 is 0. The number of carbonyl (C=O) groups is 1. The fraction of sp³-hybridized carbons (Fsp3) is 0.900. The summed E-state index contributed by atoms with van der Waals surface area (Å²) in [7, 11) is 1.84. The molecular formula is C20H38IN5O. The van der Waals surface area contributed by atoms with Crippen LogP contribution in [0.3, 0.4) is 0 Å². The Labute approximate surface area is 181 Å². The second kappa shape index (κ2) is 11.4. The van der Waals surface area contributed by atoms with Gasteiger partial charge in [0, 0.05) is 45.2 Å². The molecular weight excluding hydrogens is 453 g/mol. The van der Waals surface area contributed by atoms with Crippen molar-refractivity contribution in [3.05, 3.63) is 0 Å². The molecule has 1 aliphatic carbocycles. The lowest BCUT2D eigenvalue weighted by Crippen LogP contribution is -2.48. The van der Waals surface area contributed by atoms with Crippen LogP contribution in [0, 0.1) is 11.8 Å². The van der Waals surface area contributed by atoms with Gasteiger partial charge < -0.3 is 20.4 Å². The molecule has 0 aromatic rings. The van der Waals surface area contributed by atoms with Gasteiger partial charge in [0.2, 0.25) is 5.91 Å². The summed E-state index contributed by atoms with van der Waals surface area (Å²) in [6.07, 6.45) is 8.24. The van der Waals surface area contributed by atoms with Gasteiger partial charge in [0.15, 0.2) is 5.96 Å². The highest BCUT2D eigenvalue weighted by atomic mass is 127. The minimum absolute atomic E-state index is 0. The van der Waals surface area contributed by atoms with Gasteiger partial charge in [-0.05, 0) is 51.1 Å². The maximum Gasteiger partial charge on any atom is 0.225 e. The van der Waals surface area contributed by atoms with Crippen molar-refractivity contribution in [2.24, 2.45) is 16.8 Å². The third-order valence-corrected chi connectivity index (χ3v) is 6.38. The molecule has 1 amide bonds. The molecule has 2 unspecified atom stereocenters. The van der Waals surface area contributed by atoms with Crippen molar-refractivity contribution in [1.29, 1.82) is 0 Å². The largest absolute Gasteiger partial charge is 0.356 e. The van der Waals surface area contributed by atoms with Gasteiger partial charge in [-0.15, -0.1) is 24.0 Å². The fourth-order valence-electron chi connectivity index (χ4n) is 4.74. The lowest BCUT2D eigenvalue weighted by molar-refractivity contribution is -0.134. The van der Waals surface area contributed by atoms with Crippen molar-refractivity contribution in [3.63, 3.8) is 0 Å². The van der Waals surface area contributed by atoms with Gasteiger partial charge in [0.05, 0.1) is 0 Å². The number of carbonyl (C=O) groups excluding carboxylic acids is 1. The fourth-order valence-corrected chi connectivity index (χ4v) is 4.74. The number of likely N-dealkylation sites (tertiary alicyclic amines) is 2. The van der Waals surface area contributed by atoms with Gasteiger partial charge in [-0.3, -0.25) is 9.79 Å². The summed E-state index contributed by atoms with van der Waals surface area (Å²) in [5.41, 5.74) is 0. The zero-order valence-corrected chi connectivity index (χ0v) is 19.4. The Morgan fingerprint density at radius 1 is 1.07 bits per heavy atom. The molecule has 7 heteroatoms. The molecule has 3 fully saturated rings. The van der Waals surface area contributed by atoms with E-state index in [2.05, 4.69) is 32.3 Å². The molecule has 2 heterocycles. The number of nitrogens with zero attached hydrogens (tertiary/aromatic N) is 3. The zero-order chi connectivity index (χ0) is 18.4. The van der Waals surface area contributed by atoms with E-state index >= 15 is 0 Å². The normalized spacial score (nSPS) is 27.5. The van der Waals surface area contributed by atoms with Crippen LogP contribution in [0.2, 0.25) is 0 Å². The number of hydrogen-bond acceptors (Lipinski definition) is 3.